The quantitative estimate of drug-likeness (QED) is 0.595. The van der Waals surface area contributed by atoms with Crippen LogP contribution in [0, 0.1) is 22.7 Å². The van der Waals surface area contributed by atoms with E-state index in [1.165, 1.54) is 11.3 Å². The van der Waals surface area contributed by atoms with E-state index in [0.717, 1.165) is 12.8 Å². The van der Waals surface area contributed by atoms with Gasteiger partial charge in [0.15, 0.2) is 5.13 Å². The maximum absolute atomic E-state index is 12.5. The van der Waals surface area contributed by atoms with Crippen molar-refractivity contribution >= 4 is 28.3 Å². The standard InChI is InChI=1S/C18H27N3O4S/c1-17(2)11-4-5-18(17,3)14(24)10(11)8-13(23)20-12(9-22)15(25)21-16-19-6-7-26-16/h6-7,10-12,14,22,24H,4-5,8-9H2,1-3H3,(H,20,23)(H,19,21,25). The van der Waals surface area contributed by atoms with Crippen molar-refractivity contribution < 1.29 is 19.8 Å². The lowest BCUT2D eigenvalue weighted by atomic mass is 9.70. The first-order valence-corrected chi connectivity index (χ1v) is 9.87. The summed E-state index contributed by atoms with van der Waals surface area (Å²) < 4.78 is 0. The molecule has 0 radical (unpaired) electrons. The number of anilines is 1. The Labute approximate surface area is 157 Å². The first kappa shape index (κ1) is 19.3. The second-order valence-corrected chi connectivity index (χ2v) is 9.12. The molecule has 2 saturated carbocycles. The van der Waals surface area contributed by atoms with Gasteiger partial charge in [-0.3, -0.25) is 9.59 Å². The summed E-state index contributed by atoms with van der Waals surface area (Å²) in [5.41, 5.74) is -0.197. The van der Waals surface area contributed by atoms with Crippen LogP contribution in [-0.2, 0) is 9.59 Å². The second kappa shape index (κ2) is 6.90. The fourth-order valence-corrected chi connectivity index (χ4v) is 5.46. The van der Waals surface area contributed by atoms with Gasteiger partial charge in [-0.2, -0.15) is 0 Å². The van der Waals surface area contributed by atoms with Crippen molar-refractivity contribution in [3.8, 4) is 0 Å². The summed E-state index contributed by atoms with van der Waals surface area (Å²) in [5.74, 6) is -0.666. The number of aliphatic hydroxyl groups is 2. The molecule has 0 aliphatic heterocycles. The van der Waals surface area contributed by atoms with E-state index in [1.54, 1.807) is 11.6 Å². The molecule has 5 unspecified atom stereocenters. The van der Waals surface area contributed by atoms with Crippen LogP contribution in [0.4, 0.5) is 5.13 Å². The van der Waals surface area contributed by atoms with Crippen molar-refractivity contribution in [2.75, 3.05) is 11.9 Å². The number of fused-ring (bicyclic) bond motifs is 2. The summed E-state index contributed by atoms with van der Waals surface area (Å²) in [7, 11) is 0. The lowest BCUT2D eigenvalue weighted by molar-refractivity contribution is -0.129. The fourth-order valence-electron chi connectivity index (χ4n) is 4.93. The van der Waals surface area contributed by atoms with Crippen LogP contribution in [0.5, 0.6) is 0 Å². The summed E-state index contributed by atoms with van der Waals surface area (Å²) in [5, 5.41) is 27.6. The Morgan fingerprint density at radius 1 is 1.42 bits per heavy atom. The maximum atomic E-state index is 12.5. The van der Waals surface area contributed by atoms with Crippen LogP contribution < -0.4 is 10.6 Å². The van der Waals surface area contributed by atoms with Gasteiger partial charge in [0.1, 0.15) is 6.04 Å². The highest BCUT2D eigenvalue weighted by molar-refractivity contribution is 7.13. The van der Waals surface area contributed by atoms with E-state index < -0.39 is 24.7 Å². The van der Waals surface area contributed by atoms with E-state index in [9.17, 15) is 19.8 Å². The molecule has 2 aliphatic carbocycles. The molecule has 5 atom stereocenters. The Morgan fingerprint density at radius 3 is 2.69 bits per heavy atom. The molecule has 1 aromatic heterocycles. The molecule has 7 nitrogen and oxygen atoms in total. The number of hydrogen-bond acceptors (Lipinski definition) is 6. The molecule has 4 N–H and O–H groups in total. The number of carbonyl (C=O) groups excluding carboxylic acids is 2. The smallest absolute Gasteiger partial charge is 0.251 e. The third-order valence-electron chi connectivity index (χ3n) is 6.87. The lowest BCUT2D eigenvalue weighted by Crippen LogP contribution is -2.47. The number of hydrogen-bond donors (Lipinski definition) is 4. The number of carbonyl (C=O) groups is 2. The molecule has 26 heavy (non-hydrogen) atoms. The van der Waals surface area contributed by atoms with Crippen LogP contribution >= 0.6 is 11.3 Å². The molecule has 1 heterocycles. The van der Waals surface area contributed by atoms with Gasteiger partial charge in [0.2, 0.25) is 5.91 Å². The summed E-state index contributed by atoms with van der Waals surface area (Å²) in [6, 6.07) is -1.04. The predicted molar refractivity (Wildman–Crippen MR) is 98.5 cm³/mol. The zero-order valence-electron chi connectivity index (χ0n) is 15.4. The monoisotopic (exact) mass is 381 g/mol. The van der Waals surface area contributed by atoms with Crippen molar-refractivity contribution in [3.63, 3.8) is 0 Å². The van der Waals surface area contributed by atoms with Gasteiger partial charge in [0, 0.05) is 18.0 Å². The molecule has 0 aromatic carbocycles. The van der Waals surface area contributed by atoms with E-state index in [-0.39, 0.29) is 35.0 Å². The first-order chi connectivity index (χ1) is 12.2. The molecule has 2 amide bonds. The SMILES string of the molecule is CC1(C)C2CCC1(C)C(O)C2CC(=O)NC(CO)C(=O)Nc1nccs1. The Kier molecular flexibility index (Phi) is 5.11. The van der Waals surface area contributed by atoms with E-state index in [1.807, 2.05) is 0 Å². The van der Waals surface area contributed by atoms with E-state index in [0.29, 0.717) is 5.13 Å². The average molecular weight is 381 g/mol. The highest BCUT2D eigenvalue weighted by atomic mass is 32.1. The third kappa shape index (κ3) is 3.04. The van der Waals surface area contributed by atoms with E-state index >= 15 is 0 Å². The Bertz CT molecular complexity index is 678. The van der Waals surface area contributed by atoms with Gasteiger partial charge in [-0.1, -0.05) is 20.8 Å². The van der Waals surface area contributed by atoms with Crippen molar-refractivity contribution in [2.45, 2.75) is 52.2 Å². The number of aromatic nitrogens is 1. The van der Waals surface area contributed by atoms with Crippen LogP contribution in [0.15, 0.2) is 11.6 Å². The summed E-state index contributed by atoms with van der Waals surface area (Å²) in [6.07, 6.45) is 3.17. The van der Waals surface area contributed by atoms with E-state index in [2.05, 4.69) is 36.4 Å². The zero-order valence-corrected chi connectivity index (χ0v) is 16.2. The van der Waals surface area contributed by atoms with E-state index in [4.69, 9.17) is 0 Å². The van der Waals surface area contributed by atoms with Gasteiger partial charge in [-0.15, -0.1) is 11.3 Å². The first-order valence-electron chi connectivity index (χ1n) is 8.99. The minimum absolute atomic E-state index is 0.0179. The highest BCUT2D eigenvalue weighted by Crippen LogP contribution is 2.68. The van der Waals surface area contributed by atoms with Crippen LogP contribution in [0.25, 0.3) is 0 Å². The summed E-state index contributed by atoms with van der Waals surface area (Å²) in [4.78, 5) is 28.6. The van der Waals surface area contributed by atoms with Gasteiger partial charge >= 0.3 is 0 Å². The third-order valence-corrected chi connectivity index (χ3v) is 7.56. The van der Waals surface area contributed by atoms with Crippen LogP contribution in [0.3, 0.4) is 0 Å². The van der Waals surface area contributed by atoms with Gasteiger partial charge in [-0.05, 0) is 35.5 Å². The molecule has 8 heteroatoms. The summed E-state index contributed by atoms with van der Waals surface area (Å²) >= 11 is 1.26. The summed E-state index contributed by atoms with van der Waals surface area (Å²) in [6.45, 7) is 5.95. The Morgan fingerprint density at radius 2 is 2.15 bits per heavy atom. The molecule has 2 fully saturated rings. The number of rotatable bonds is 6. The minimum atomic E-state index is -1.04. The molecule has 144 valence electrons. The normalized spacial score (nSPS) is 33.0. The van der Waals surface area contributed by atoms with Crippen LogP contribution in [0.2, 0.25) is 0 Å². The minimum Gasteiger partial charge on any atom is -0.394 e. The molecular weight excluding hydrogens is 354 g/mol. The second-order valence-electron chi connectivity index (χ2n) is 8.23. The molecule has 0 spiro atoms. The van der Waals surface area contributed by atoms with Crippen molar-refractivity contribution in [3.05, 3.63) is 11.6 Å². The molecule has 0 saturated heterocycles. The molecule has 2 bridgehead atoms. The van der Waals surface area contributed by atoms with Crippen LogP contribution in [-0.4, -0.2) is 45.8 Å². The number of amides is 2. The van der Waals surface area contributed by atoms with Crippen LogP contribution in [0.1, 0.15) is 40.0 Å². The predicted octanol–water partition coefficient (Wildman–Crippen LogP) is 1.38. The van der Waals surface area contributed by atoms with Gasteiger partial charge in [-0.25, -0.2) is 4.98 Å². The van der Waals surface area contributed by atoms with Crippen molar-refractivity contribution in [1.29, 1.82) is 0 Å². The number of aliphatic hydroxyl groups excluding tert-OH is 2. The van der Waals surface area contributed by atoms with Gasteiger partial charge < -0.3 is 20.8 Å². The largest absolute Gasteiger partial charge is 0.394 e. The Balaban J connectivity index is 1.60. The molecule has 3 rings (SSSR count). The molecule has 1 aromatic rings. The topological polar surface area (TPSA) is 112 Å². The zero-order chi connectivity index (χ0) is 19.1. The van der Waals surface area contributed by atoms with Crippen molar-refractivity contribution in [1.82, 2.24) is 10.3 Å². The van der Waals surface area contributed by atoms with Gasteiger partial charge in [0.05, 0.1) is 12.7 Å². The fraction of sp³-hybridized carbons (Fsp3) is 0.722. The Hall–Kier alpha value is -1.51. The van der Waals surface area contributed by atoms with Crippen molar-refractivity contribution in [2.24, 2.45) is 22.7 Å². The van der Waals surface area contributed by atoms with Gasteiger partial charge in [0.25, 0.3) is 5.91 Å². The maximum Gasteiger partial charge on any atom is 0.251 e. The molecule has 2 aliphatic rings. The number of nitrogens with zero attached hydrogens (tertiary/aromatic N) is 1. The number of thiazole rings is 1. The number of nitrogens with one attached hydrogen (secondary N) is 2. The average Bonchev–Trinajstić information content (AvgIpc) is 3.20. The highest BCUT2D eigenvalue weighted by Gasteiger charge is 2.65. The lowest BCUT2D eigenvalue weighted by Gasteiger charge is -2.37. The molecular formula is C18H27N3O4S.